The maximum Gasteiger partial charge on any atom is 0.222 e. The van der Waals surface area contributed by atoms with Gasteiger partial charge in [-0.3, -0.25) is 4.79 Å². The number of nitrogens with one attached hydrogen (secondary N) is 1. The van der Waals surface area contributed by atoms with Crippen LogP contribution >= 0.6 is 0 Å². The molecule has 0 aromatic heterocycles. The second kappa shape index (κ2) is 5.17. The molecule has 3 heteroatoms. The first-order valence-electron chi connectivity index (χ1n) is 6.32. The highest BCUT2D eigenvalue weighted by Crippen LogP contribution is 2.28. The van der Waals surface area contributed by atoms with Gasteiger partial charge >= 0.3 is 0 Å². The number of hydrogen-bond donors (Lipinski definition) is 1. The molecule has 1 unspecified atom stereocenters. The molecule has 2 atom stereocenters. The van der Waals surface area contributed by atoms with Crippen molar-refractivity contribution in [1.82, 2.24) is 10.2 Å². The highest BCUT2D eigenvalue weighted by atomic mass is 16.2. The molecule has 0 saturated carbocycles. The van der Waals surface area contributed by atoms with Crippen LogP contribution in [0.4, 0.5) is 0 Å². The van der Waals surface area contributed by atoms with Crippen LogP contribution in [0.3, 0.4) is 0 Å². The average Bonchev–Trinajstić information content (AvgIpc) is 2.16. The largest absolute Gasteiger partial charge is 0.340 e. The minimum absolute atomic E-state index is 0.218. The number of carbonyl (C=O) groups is 1. The van der Waals surface area contributed by atoms with E-state index in [-0.39, 0.29) is 5.41 Å². The average molecular weight is 226 g/mol. The molecule has 94 valence electrons. The van der Waals surface area contributed by atoms with E-state index in [4.69, 9.17) is 0 Å². The molecule has 1 aliphatic rings. The third-order valence-electron chi connectivity index (χ3n) is 3.68. The third kappa shape index (κ3) is 3.78. The van der Waals surface area contributed by atoms with Crippen LogP contribution in [-0.4, -0.2) is 36.5 Å². The van der Waals surface area contributed by atoms with Gasteiger partial charge in [0.1, 0.15) is 0 Å². The Bertz CT molecular complexity index is 245. The summed E-state index contributed by atoms with van der Waals surface area (Å²) in [5.74, 6) is 0.751. The number of hydrogen-bond acceptors (Lipinski definition) is 2. The number of rotatable bonds is 2. The lowest BCUT2D eigenvalue weighted by Crippen LogP contribution is -2.51. The van der Waals surface area contributed by atoms with Gasteiger partial charge in [-0.2, -0.15) is 0 Å². The molecule has 1 fully saturated rings. The second-order valence-electron chi connectivity index (χ2n) is 6.17. The standard InChI is InChI=1S/C13H26N2O/c1-10(13(3,4)5)8-12(16)15-7-6-14-11(2)9-15/h10-11,14H,6-9H2,1-5H3/t10?,11-/m1/s1. The smallest absolute Gasteiger partial charge is 0.222 e. The maximum atomic E-state index is 12.1. The zero-order valence-corrected chi connectivity index (χ0v) is 11.3. The lowest BCUT2D eigenvalue weighted by molar-refractivity contribution is -0.134. The highest BCUT2D eigenvalue weighted by molar-refractivity contribution is 5.76. The van der Waals surface area contributed by atoms with E-state index in [0.29, 0.717) is 24.3 Å². The second-order valence-corrected chi connectivity index (χ2v) is 6.17. The molecular formula is C13H26N2O. The molecule has 0 aromatic carbocycles. The fourth-order valence-electron chi connectivity index (χ4n) is 1.86. The normalized spacial score (nSPS) is 24.3. The highest BCUT2D eigenvalue weighted by Gasteiger charge is 2.26. The summed E-state index contributed by atoms with van der Waals surface area (Å²) in [6.07, 6.45) is 0.677. The predicted molar refractivity (Wildman–Crippen MR) is 67.3 cm³/mol. The predicted octanol–water partition coefficient (Wildman–Crippen LogP) is 1.88. The maximum absolute atomic E-state index is 12.1. The number of piperazine rings is 1. The number of nitrogens with zero attached hydrogens (tertiary/aromatic N) is 1. The van der Waals surface area contributed by atoms with Gasteiger partial charge < -0.3 is 10.2 Å². The van der Waals surface area contributed by atoms with E-state index in [0.717, 1.165) is 19.6 Å². The molecule has 3 nitrogen and oxygen atoms in total. The molecular weight excluding hydrogens is 200 g/mol. The summed E-state index contributed by atoms with van der Waals surface area (Å²) in [7, 11) is 0. The molecule has 1 amide bonds. The molecule has 1 aliphatic heterocycles. The van der Waals surface area contributed by atoms with E-state index in [2.05, 4.69) is 39.9 Å². The molecule has 0 bridgehead atoms. The van der Waals surface area contributed by atoms with Crippen LogP contribution in [0.1, 0.15) is 41.0 Å². The molecule has 0 radical (unpaired) electrons. The van der Waals surface area contributed by atoms with Gasteiger partial charge in [-0.15, -0.1) is 0 Å². The van der Waals surface area contributed by atoms with Crippen molar-refractivity contribution in [2.75, 3.05) is 19.6 Å². The van der Waals surface area contributed by atoms with Gasteiger partial charge in [0.25, 0.3) is 0 Å². The van der Waals surface area contributed by atoms with Gasteiger partial charge in [-0.1, -0.05) is 27.7 Å². The minimum Gasteiger partial charge on any atom is -0.340 e. The third-order valence-corrected chi connectivity index (χ3v) is 3.68. The van der Waals surface area contributed by atoms with E-state index in [9.17, 15) is 4.79 Å². The molecule has 1 N–H and O–H groups in total. The van der Waals surface area contributed by atoms with Crippen LogP contribution in [0, 0.1) is 11.3 Å². The fraction of sp³-hybridized carbons (Fsp3) is 0.923. The van der Waals surface area contributed by atoms with Gasteiger partial charge in [0.05, 0.1) is 0 Å². The number of carbonyl (C=O) groups excluding carboxylic acids is 1. The SMILES string of the molecule is CC(CC(=O)N1CCN[C@H](C)C1)C(C)(C)C. The van der Waals surface area contributed by atoms with Crippen molar-refractivity contribution in [3.05, 3.63) is 0 Å². The van der Waals surface area contributed by atoms with Crippen molar-refractivity contribution in [3.63, 3.8) is 0 Å². The van der Waals surface area contributed by atoms with Crippen LogP contribution in [0.2, 0.25) is 0 Å². The van der Waals surface area contributed by atoms with Crippen LogP contribution in [0.5, 0.6) is 0 Å². The van der Waals surface area contributed by atoms with Crippen molar-refractivity contribution in [2.45, 2.75) is 47.1 Å². The summed E-state index contributed by atoms with van der Waals surface area (Å²) < 4.78 is 0. The van der Waals surface area contributed by atoms with Crippen molar-refractivity contribution >= 4 is 5.91 Å². The van der Waals surface area contributed by atoms with Gasteiger partial charge in [0, 0.05) is 32.1 Å². The summed E-state index contributed by atoms with van der Waals surface area (Å²) in [5, 5.41) is 3.36. The molecule has 16 heavy (non-hydrogen) atoms. The zero-order chi connectivity index (χ0) is 12.3. The molecule has 0 aliphatic carbocycles. The monoisotopic (exact) mass is 226 g/mol. The first-order chi connectivity index (χ1) is 7.30. The van der Waals surface area contributed by atoms with Crippen LogP contribution in [0.25, 0.3) is 0 Å². The molecule has 1 heterocycles. The Labute approximate surface area is 99.6 Å². The van der Waals surface area contributed by atoms with Crippen molar-refractivity contribution in [3.8, 4) is 0 Å². The molecule has 0 spiro atoms. The van der Waals surface area contributed by atoms with Crippen LogP contribution in [0.15, 0.2) is 0 Å². The van der Waals surface area contributed by atoms with E-state index in [1.807, 2.05) is 4.90 Å². The van der Waals surface area contributed by atoms with Gasteiger partial charge in [-0.05, 0) is 18.3 Å². The van der Waals surface area contributed by atoms with Crippen molar-refractivity contribution < 1.29 is 4.79 Å². The summed E-state index contributed by atoms with van der Waals surface area (Å²) in [4.78, 5) is 14.1. The summed E-state index contributed by atoms with van der Waals surface area (Å²) in [6.45, 7) is 13.5. The fourth-order valence-corrected chi connectivity index (χ4v) is 1.86. The summed E-state index contributed by atoms with van der Waals surface area (Å²) >= 11 is 0. The van der Waals surface area contributed by atoms with Gasteiger partial charge in [-0.25, -0.2) is 0 Å². The molecule has 1 rings (SSSR count). The zero-order valence-electron chi connectivity index (χ0n) is 11.3. The van der Waals surface area contributed by atoms with E-state index in [1.165, 1.54) is 0 Å². The Morgan fingerprint density at radius 2 is 2.12 bits per heavy atom. The molecule has 1 saturated heterocycles. The first-order valence-corrected chi connectivity index (χ1v) is 6.32. The summed E-state index contributed by atoms with van der Waals surface area (Å²) in [5.41, 5.74) is 0.218. The quantitative estimate of drug-likeness (QED) is 0.779. The Morgan fingerprint density at radius 1 is 1.50 bits per heavy atom. The topological polar surface area (TPSA) is 32.3 Å². The minimum atomic E-state index is 0.218. The number of amides is 1. The van der Waals surface area contributed by atoms with Crippen molar-refractivity contribution in [1.29, 1.82) is 0 Å². The van der Waals surface area contributed by atoms with E-state index in [1.54, 1.807) is 0 Å². The molecule has 0 aromatic rings. The Kier molecular flexibility index (Phi) is 4.36. The van der Waals surface area contributed by atoms with Gasteiger partial charge in [0.2, 0.25) is 5.91 Å². The van der Waals surface area contributed by atoms with Crippen LogP contribution < -0.4 is 5.32 Å². The lowest BCUT2D eigenvalue weighted by Gasteiger charge is -2.34. The lowest BCUT2D eigenvalue weighted by atomic mass is 9.80. The van der Waals surface area contributed by atoms with E-state index >= 15 is 0 Å². The Hall–Kier alpha value is -0.570. The first kappa shape index (κ1) is 13.5. The van der Waals surface area contributed by atoms with Gasteiger partial charge in [0.15, 0.2) is 0 Å². The Balaban J connectivity index is 2.46. The van der Waals surface area contributed by atoms with E-state index < -0.39 is 0 Å². The Morgan fingerprint density at radius 3 is 2.62 bits per heavy atom. The van der Waals surface area contributed by atoms with Crippen LogP contribution in [-0.2, 0) is 4.79 Å². The van der Waals surface area contributed by atoms with Crippen molar-refractivity contribution in [2.24, 2.45) is 11.3 Å². The summed E-state index contributed by atoms with van der Waals surface area (Å²) in [6, 6.07) is 0.433.